The van der Waals surface area contributed by atoms with Gasteiger partial charge in [-0.25, -0.2) is 4.79 Å². The van der Waals surface area contributed by atoms with E-state index in [0.717, 1.165) is 19.3 Å². The fourth-order valence-corrected chi connectivity index (χ4v) is 2.31. The third-order valence-electron chi connectivity index (χ3n) is 3.32. The molecule has 0 bridgehead atoms. The second-order valence-corrected chi connectivity index (χ2v) is 5.06. The van der Waals surface area contributed by atoms with Gasteiger partial charge in [-0.15, -0.1) is 0 Å². The van der Waals surface area contributed by atoms with Gasteiger partial charge in [-0.05, 0) is 40.0 Å². The summed E-state index contributed by atoms with van der Waals surface area (Å²) in [5.74, 6) is -0.224. The lowest BCUT2D eigenvalue weighted by atomic mass is 9.81. The van der Waals surface area contributed by atoms with E-state index in [-0.39, 0.29) is 17.7 Å². The Hall–Kier alpha value is -0.570. The zero-order chi connectivity index (χ0) is 10.4. The molecule has 0 unspecified atom stereocenters. The quantitative estimate of drug-likeness (QED) is 0.559. The van der Waals surface area contributed by atoms with Gasteiger partial charge in [0.05, 0.1) is 6.10 Å². The number of ether oxygens (including phenoxy) is 2. The van der Waals surface area contributed by atoms with Gasteiger partial charge >= 0.3 is 5.97 Å². The second-order valence-electron chi connectivity index (χ2n) is 5.06. The van der Waals surface area contributed by atoms with Gasteiger partial charge in [0, 0.05) is 0 Å². The van der Waals surface area contributed by atoms with Crippen molar-refractivity contribution in [2.24, 2.45) is 0 Å². The van der Waals surface area contributed by atoms with Gasteiger partial charge in [-0.3, -0.25) is 0 Å². The Morgan fingerprint density at radius 2 is 2.00 bits per heavy atom. The number of fused-ring (bicyclic) bond motifs is 1. The average molecular weight is 198 g/mol. The molecule has 0 aromatic heterocycles. The zero-order valence-corrected chi connectivity index (χ0v) is 9.13. The summed E-state index contributed by atoms with van der Waals surface area (Å²) < 4.78 is 11.3. The molecule has 1 aliphatic carbocycles. The summed E-state index contributed by atoms with van der Waals surface area (Å²) in [6, 6.07) is 0. The number of esters is 1. The highest BCUT2D eigenvalue weighted by Crippen LogP contribution is 2.40. The van der Waals surface area contributed by atoms with Crippen molar-refractivity contribution in [2.45, 2.75) is 63.8 Å². The van der Waals surface area contributed by atoms with E-state index in [1.807, 2.05) is 6.92 Å². The van der Waals surface area contributed by atoms with Crippen LogP contribution >= 0.6 is 0 Å². The molecule has 1 saturated heterocycles. The molecule has 1 aliphatic heterocycles. The van der Waals surface area contributed by atoms with Crippen LogP contribution in [0.3, 0.4) is 0 Å². The van der Waals surface area contributed by atoms with Crippen LogP contribution in [-0.2, 0) is 14.3 Å². The van der Waals surface area contributed by atoms with Crippen molar-refractivity contribution in [3.05, 3.63) is 0 Å². The molecule has 1 heterocycles. The van der Waals surface area contributed by atoms with Crippen LogP contribution in [-0.4, -0.2) is 23.3 Å². The van der Waals surface area contributed by atoms with E-state index in [1.165, 1.54) is 6.42 Å². The molecule has 0 aromatic carbocycles. The van der Waals surface area contributed by atoms with E-state index in [4.69, 9.17) is 9.47 Å². The van der Waals surface area contributed by atoms with E-state index in [9.17, 15) is 4.79 Å². The maximum atomic E-state index is 11.6. The van der Waals surface area contributed by atoms with Crippen molar-refractivity contribution in [1.82, 2.24) is 0 Å². The molecular weight excluding hydrogens is 180 g/mol. The van der Waals surface area contributed by atoms with Crippen LogP contribution in [0.15, 0.2) is 0 Å². The van der Waals surface area contributed by atoms with Crippen LogP contribution in [0, 0.1) is 0 Å². The lowest BCUT2D eigenvalue weighted by Crippen LogP contribution is -2.59. The molecular formula is C11H18O3. The number of rotatable bonds is 0. The van der Waals surface area contributed by atoms with Crippen LogP contribution in [0.1, 0.15) is 46.5 Å². The summed E-state index contributed by atoms with van der Waals surface area (Å²) in [6.07, 6.45) is 4.33. The Kier molecular flexibility index (Phi) is 2.11. The normalized spacial score (nSPS) is 41.4. The van der Waals surface area contributed by atoms with Gasteiger partial charge in [0.15, 0.2) is 5.60 Å². The first kappa shape index (κ1) is 9.97. The fourth-order valence-electron chi connectivity index (χ4n) is 2.31. The molecule has 2 fully saturated rings. The van der Waals surface area contributed by atoms with E-state index >= 15 is 0 Å². The molecule has 0 amide bonds. The van der Waals surface area contributed by atoms with E-state index in [1.54, 1.807) is 13.8 Å². The van der Waals surface area contributed by atoms with Crippen molar-refractivity contribution in [3.8, 4) is 0 Å². The molecule has 14 heavy (non-hydrogen) atoms. The topological polar surface area (TPSA) is 35.5 Å². The molecule has 0 N–H and O–H groups in total. The first-order valence-corrected chi connectivity index (χ1v) is 5.35. The Labute approximate surface area is 84.8 Å². The Balaban J connectivity index is 2.21. The molecule has 0 radical (unpaired) electrons. The predicted molar refractivity (Wildman–Crippen MR) is 51.9 cm³/mol. The van der Waals surface area contributed by atoms with Crippen LogP contribution in [0.5, 0.6) is 0 Å². The number of hydrogen-bond donors (Lipinski definition) is 0. The largest absolute Gasteiger partial charge is 0.454 e. The van der Waals surface area contributed by atoms with Gasteiger partial charge in [-0.1, -0.05) is 6.42 Å². The minimum absolute atomic E-state index is 0.0870. The highest BCUT2D eigenvalue weighted by molar-refractivity contribution is 5.79. The second kappa shape index (κ2) is 2.96. The minimum Gasteiger partial charge on any atom is -0.454 e. The van der Waals surface area contributed by atoms with Crippen molar-refractivity contribution < 1.29 is 14.3 Å². The summed E-state index contributed by atoms with van der Waals surface area (Å²) in [5.41, 5.74) is -1.13. The van der Waals surface area contributed by atoms with Crippen LogP contribution in [0.2, 0.25) is 0 Å². The summed E-state index contributed by atoms with van der Waals surface area (Å²) in [4.78, 5) is 11.6. The Morgan fingerprint density at radius 3 is 2.71 bits per heavy atom. The minimum atomic E-state index is -0.762. The fraction of sp³-hybridized carbons (Fsp3) is 0.909. The SMILES string of the molecule is CC1(C)O[C@H]2CCCC[C@@]2(C)OC1=O. The van der Waals surface area contributed by atoms with Crippen LogP contribution in [0.25, 0.3) is 0 Å². The highest BCUT2D eigenvalue weighted by atomic mass is 16.6. The van der Waals surface area contributed by atoms with Crippen molar-refractivity contribution in [3.63, 3.8) is 0 Å². The van der Waals surface area contributed by atoms with E-state index in [2.05, 4.69) is 0 Å². The van der Waals surface area contributed by atoms with Crippen molar-refractivity contribution in [2.75, 3.05) is 0 Å². The summed E-state index contributed by atoms with van der Waals surface area (Å²) in [7, 11) is 0. The Morgan fingerprint density at radius 1 is 1.29 bits per heavy atom. The predicted octanol–water partition coefficient (Wildman–Crippen LogP) is 2.04. The smallest absolute Gasteiger partial charge is 0.338 e. The molecule has 0 spiro atoms. The maximum absolute atomic E-state index is 11.6. The zero-order valence-electron chi connectivity index (χ0n) is 9.13. The highest BCUT2D eigenvalue weighted by Gasteiger charge is 2.51. The molecule has 0 aromatic rings. The monoisotopic (exact) mass is 198 g/mol. The van der Waals surface area contributed by atoms with Gasteiger partial charge in [0.1, 0.15) is 5.60 Å². The average Bonchev–Trinajstić information content (AvgIpc) is 2.07. The lowest BCUT2D eigenvalue weighted by molar-refractivity contribution is -0.252. The summed E-state index contributed by atoms with van der Waals surface area (Å²) in [5, 5.41) is 0. The molecule has 3 nitrogen and oxygen atoms in total. The molecule has 80 valence electrons. The standard InChI is InChI=1S/C11H18O3/c1-10(2)9(12)14-11(3)7-5-4-6-8(11)13-10/h8H,4-7H2,1-3H3/t8-,11+/m0/s1. The molecule has 2 atom stereocenters. The molecule has 1 saturated carbocycles. The number of hydrogen-bond acceptors (Lipinski definition) is 3. The lowest BCUT2D eigenvalue weighted by Gasteiger charge is -2.48. The summed E-state index contributed by atoms with van der Waals surface area (Å²) >= 11 is 0. The molecule has 3 heteroatoms. The molecule has 2 aliphatic rings. The van der Waals surface area contributed by atoms with E-state index in [0.29, 0.717) is 0 Å². The number of carbonyl (C=O) groups is 1. The van der Waals surface area contributed by atoms with Crippen LogP contribution < -0.4 is 0 Å². The van der Waals surface area contributed by atoms with E-state index < -0.39 is 5.60 Å². The van der Waals surface area contributed by atoms with Crippen molar-refractivity contribution in [1.29, 1.82) is 0 Å². The Bertz CT molecular complexity index is 259. The van der Waals surface area contributed by atoms with Crippen molar-refractivity contribution >= 4 is 5.97 Å². The molecule has 2 rings (SSSR count). The van der Waals surface area contributed by atoms with Gasteiger partial charge < -0.3 is 9.47 Å². The maximum Gasteiger partial charge on any atom is 0.338 e. The van der Waals surface area contributed by atoms with Gasteiger partial charge in [0.2, 0.25) is 0 Å². The van der Waals surface area contributed by atoms with Gasteiger partial charge in [-0.2, -0.15) is 0 Å². The number of carbonyl (C=O) groups excluding carboxylic acids is 1. The summed E-state index contributed by atoms with van der Waals surface area (Å²) in [6.45, 7) is 5.55. The third kappa shape index (κ3) is 1.44. The van der Waals surface area contributed by atoms with Crippen LogP contribution in [0.4, 0.5) is 0 Å². The first-order chi connectivity index (χ1) is 6.44. The first-order valence-electron chi connectivity index (χ1n) is 5.35. The van der Waals surface area contributed by atoms with Gasteiger partial charge in [0.25, 0.3) is 0 Å². The third-order valence-corrected chi connectivity index (χ3v) is 3.32.